The number of hydrogen-bond acceptors (Lipinski definition) is 2. The lowest BCUT2D eigenvalue weighted by atomic mass is 9.95. The Morgan fingerprint density at radius 1 is 1.06 bits per heavy atom. The summed E-state index contributed by atoms with van der Waals surface area (Å²) in [5.41, 5.74) is 6.09. The molecule has 0 amide bonds. The first-order chi connectivity index (χ1) is 8.49. The summed E-state index contributed by atoms with van der Waals surface area (Å²) in [6, 6.07) is 0.259. The zero-order valence-corrected chi connectivity index (χ0v) is 10.9. The molecule has 0 heterocycles. The molecule has 0 spiro atoms. The molecule has 1 saturated carbocycles. The van der Waals surface area contributed by atoms with E-state index in [2.05, 4.69) is 5.32 Å². The van der Waals surface area contributed by atoms with Gasteiger partial charge in [0.15, 0.2) is 0 Å². The summed E-state index contributed by atoms with van der Waals surface area (Å²) < 4.78 is 35.7. The first-order valence-corrected chi connectivity index (χ1v) is 7.02. The lowest BCUT2D eigenvalue weighted by molar-refractivity contribution is -0.135. The highest BCUT2D eigenvalue weighted by molar-refractivity contribution is 4.78. The molecule has 2 nitrogen and oxygen atoms in total. The SMILES string of the molecule is NC1CCCCCC1CNCCCCC(F)(F)F. The number of unbranched alkanes of at least 4 members (excludes halogenated alkanes) is 1. The van der Waals surface area contributed by atoms with Crippen LogP contribution in [0.4, 0.5) is 13.2 Å². The summed E-state index contributed by atoms with van der Waals surface area (Å²) in [5.74, 6) is 0.495. The maximum Gasteiger partial charge on any atom is 0.389 e. The monoisotopic (exact) mass is 266 g/mol. The van der Waals surface area contributed by atoms with Crippen LogP contribution in [0.3, 0.4) is 0 Å². The number of alkyl halides is 3. The number of nitrogens with two attached hydrogens (primary N) is 1. The first kappa shape index (κ1) is 15.8. The van der Waals surface area contributed by atoms with Gasteiger partial charge in [0.05, 0.1) is 0 Å². The minimum absolute atomic E-state index is 0.215. The topological polar surface area (TPSA) is 38.0 Å². The molecule has 3 N–H and O–H groups in total. The van der Waals surface area contributed by atoms with Gasteiger partial charge in [-0.15, -0.1) is 0 Å². The standard InChI is InChI=1S/C13H25F3N2/c14-13(15,16)8-4-5-9-18-10-11-6-2-1-3-7-12(11)17/h11-12,18H,1-10,17H2. The summed E-state index contributed by atoms with van der Waals surface area (Å²) in [4.78, 5) is 0. The highest BCUT2D eigenvalue weighted by Gasteiger charge is 2.25. The van der Waals surface area contributed by atoms with Crippen LogP contribution in [0.2, 0.25) is 0 Å². The normalized spacial score (nSPS) is 26.0. The van der Waals surface area contributed by atoms with Crippen molar-refractivity contribution in [1.29, 1.82) is 0 Å². The van der Waals surface area contributed by atoms with Crippen LogP contribution in [0.15, 0.2) is 0 Å². The quantitative estimate of drug-likeness (QED) is 0.572. The van der Waals surface area contributed by atoms with Crippen LogP contribution in [0.5, 0.6) is 0 Å². The number of rotatable bonds is 6. The third-order valence-corrected chi connectivity index (χ3v) is 3.69. The molecular formula is C13H25F3N2. The lowest BCUT2D eigenvalue weighted by Crippen LogP contribution is -2.36. The average Bonchev–Trinajstić information content (AvgIpc) is 2.47. The van der Waals surface area contributed by atoms with Crippen molar-refractivity contribution in [1.82, 2.24) is 5.32 Å². The van der Waals surface area contributed by atoms with Crippen molar-refractivity contribution in [2.24, 2.45) is 11.7 Å². The largest absolute Gasteiger partial charge is 0.389 e. The van der Waals surface area contributed by atoms with E-state index in [0.29, 0.717) is 18.9 Å². The van der Waals surface area contributed by atoms with Crippen LogP contribution in [0.25, 0.3) is 0 Å². The highest BCUT2D eigenvalue weighted by Crippen LogP contribution is 2.22. The molecule has 1 aliphatic carbocycles. The van der Waals surface area contributed by atoms with Gasteiger partial charge < -0.3 is 11.1 Å². The van der Waals surface area contributed by atoms with Crippen LogP contribution in [0.1, 0.15) is 51.4 Å². The van der Waals surface area contributed by atoms with Crippen molar-refractivity contribution in [2.75, 3.05) is 13.1 Å². The van der Waals surface area contributed by atoms with Gasteiger partial charge in [0.1, 0.15) is 0 Å². The van der Waals surface area contributed by atoms with Gasteiger partial charge in [-0.25, -0.2) is 0 Å². The van der Waals surface area contributed by atoms with Gasteiger partial charge in [0.25, 0.3) is 0 Å². The molecule has 5 heteroatoms. The maximum atomic E-state index is 11.9. The third-order valence-electron chi connectivity index (χ3n) is 3.69. The van der Waals surface area contributed by atoms with E-state index in [1.807, 2.05) is 0 Å². The lowest BCUT2D eigenvalue weighted by Gasteiger charge is -2.21. The van der Waals surface area contributed by atoms with E-state index < -0.39 is 12.6 Å². The van der Waals surface area contributed by atoms with Gasteiger partial charge in [-0.1, -0.05) is 19.3 Å². The molecule has 2 unspecified atom stereocenters. The zero-order valence-electron chi connectivity index (χ0n) is 10.9. The fourth-order valence-electron chi connectivity index (χ4n) is 2.53. The predicted molar refractivity (Wildman–Crippen MR) is 67.3 cm³/mol. The summed E-state index contributed by atoms with van der Waals surface area (Å²) in [5, 5.41) is 3.25. The molecule has 0 radical (unpaired) electrons. The van der Waals surface area contributed by atoms with E-state index >= 15 is 0 Å². The van der Waals surface area contributed by atoms with Crippen LogP contribution in [0, 0.1) is 5.92 Å². The minimum atomic E-state index is -4.01. The molecule has 0 aromatic heterocycles. The minimum Gasteiger partial charge on any atom is -0.327 e. The fraction of sp³-hybridized carbons (Fsp3) is 1.00. The van der Waals surface area contributed by atoms with Gasteiger partial charge in [0.2, 0.25) is 0 Å². The second-order valence-electron chi connectivity index (χ2n) is 5.34. The highest BCUT2D eigenvalue weighted by atomic mass is 19.4. The van der Waals surface area contributed by atoms with Crippen molar-refractivity contribution in [3.05, 3.63) is 0 Å². The van der Waals surface area contributed by atoms with Crippen LogP contribution >= 0.6 is 0 Å². The smallest absolute Gasteiger partial charge is 0.327 e. The molecule has 1 fully saturated rings. The first-order valence-electron chi connectivity index (χ1n) is 7.02. The summed E-state index contributed by atoms with van der Waals surface area (Å²) >= 11 is 0. The Morgan fingerprint density at radius 3 is 2.50 bits per heavy atom. The van der Waals surface area contributed by atoms with E-state index in [-0.39, 0.29) is 12.5 Å². The molecule has 0 aromatic carbocycles. The van der Waals surface area contributed by atoms with Crippen molar-refractivity contribution in [3.63, 3.8) is 0 Å². The molecule has 1 rings (SSSR count). The summed E-state index contributed by atoms with van der Waals surface area (Å²) in [6.07, 6.45) is 2.06. The molecule has 0 saturated heterocycles. The second-order valence-corrected chi connectivity index (χ2v) is 5.34. The number of hydrogen-bond donors (Lipinski definition) is 2. The van der Waals surface area contributed by atoms with Gasteiger partial charge in [-0.05, 0) is 44.7 Å². The zero-order chi connectivity index (χ0) is 13.4. The van der Waals surface area contributed by atoms with E-state index in [9.17, 15) is 13.2 Å². The molecule has 18 heavy (non-hydrogen) atoms. The molecule has 0 aromatic rings. The Kier molecular flexibility index (Phi) is 7.00. The average molecular weight is 266 g/mol. The predicted octanol–water partition coefficient (Wildman–Crippen LogP) is 3.22. The maximum absolute atomic E-state index is 11.9. The molecule has 2 atom stereocenters. The van der Waals surface area contributed by atoms with Gasteiger partial charge in [-0.2, -0.15) is 13.2 Å². The van der Waals surface area contributed by atoms with Crippen LogP contribution < -0.4 is 11.1 Å². The van der Waals surface area contributed by atoms with E-state index in [1.165, 1.54) is 19.3 Å². The fourth-order valence-corrected chi connectivity index (χ4v) is 2.53. The van der Waals surface area contributed by atoms with Gasteiger partial charge >= 0.3 is 6.18 Å². The Balaban J connectivity index is 2.03. The van der Waals surface area contributed by atoms with Crippen LogP contribution in [-0.4, -0.2) is 25.3 Å². The number of halogens is 3. The second kappa shape index (κ2) is 8.00. The molecule has 0 bridgehead atoms. The van der Waals surface area contributed by atoms with E-state index in [1.54, 1.807) is 0 Å². The molecule has 108 valence electrons. The Morgan fingerprint density at radius 2 is 1.78 bits per heavy atom. The molecule has 0 aliphatic heterocycles. The Bertz CT molecular complexity index is 219. The van der Waals surface area contributed by atoms with Gasteiger partial charge in [-0.3, -0.25) is 0 Å². The Hall–Kier alpha value is -0.290. The molecule has 1 aliphatic rings. The summed E-state index contributed by atoms with van der Waals surface area (Å²) in [7, 11) is 0. The van der Waals surface area contributed by atoms with E-state index in [0.717, 1.165) is 19.4 Å². The van der Waals surface area contributed by atoms with Crippen LogP contribution in [-0.2, 0) is 0 Å². The third kappa shape index (κ3) is 7.21. The number of nitrogens with one attached hydrogen (secondary N) is 1. The van der Waals surface area contributed by atoms with Crippen molar-refractivity contribution in [2.45, 2.75) is 63.6 Å². The van der Waals surface area contributed by atoms with Crippen molar-refractivity contribution < 1.29 is 13.2 Å². The molecular weight excluding hydrogens is 241 g/mol. The van der Waals surface area contributed by atoms with Crippen molar-refractivity contribution >= 4 is 0 Å². The van der Waals surface area contributed by atoms with E-state index in [4.69, 9.17) is 5.73 Å². The van der Waals surface area contributed by atoms with Crippen molar-refractivity contribution in [3.8, 4) is 0 Å². The Labute approximate surface area is 107 Å². The summed E-state index contributed by atoms with van der Waals surface area (Å²) in [6.45, 7) is 1.52. The van der Waals surface area contributed by atoms with Gasteiger partial charge in [0, 0.05) is 12.5 Å².